The number of aromatic amines is 1. The molecule has 2 N–H and O–H groups in total. The van der Waals surface area contributed by atoms with Crippen LogP contribution in [0.25, 0.3) is 10.9 Å². The van der Waals surface area contributed by atoms with E-state index in [9.17, 15) is 19.5 Å². The summed E-state index contributed by atoms with van der Waals surface area (Å²) >= 11 is 0. The van der Waals surface area contributed by atoms with Crippen LogP contribution in [0.5, 0.6) is 11.5 Å². The highest BCUT2D eigenvalue weighted by Gasteiger charge is 2.34. The number of esters is 1. The molecular weight excluding hydrogens is 444 g/mol. The number of aromatic hydroxyl groups is 1. The molecule has 2 aromatic heterocycles. The maximum absolute atomic E-state index is 13.7. The second-order valence-electron chi connectivity index (χ2n) is 9.27. The third-order valence-corrected chi connectivity index (χ3v) is 6.71. The van der Waals surface area contributed by atoms with E-state index in [4.69, 9.17) is 4.74 Å². The monoisotopic (exact) mass is 470 g/mol. The summed E-state index contributed by atoms with van der Waals surface area (Å²) in [4.78, 5) is 42.3. The first-order chi connectivity index (χ1) is 16.7. The molecule has 1 aliphatic rings. The number of aryl methyl sites for hydroxylation is 4. The number of pyridine rings is 2. The first-order valence-electron chi connectivity index (χ1n) is 11.6. The van der Waals surface area contributed by atoms with Crippen molar-refractivity contribution >= 4 is 16.9 Å². The molecule has 7 nitrogen and oxygen atoms in total. The smallest absolute Gasteiger partial charge is 0.312 e. The number of carbonyl (C=O) groups excluding carboxylic acids is 1. The largest absolute Gasteiger partial charge is 0.508 e. The van der Waals surface area contributed by atoms with E-state index >= 15 is 0 Å². The number of ether oxygens (including phenoxy) is 1. The molecule has 1 atom stereocenters. The van der Waals surface area contributed by atoms with Crippen LogP contribution in [0.15, 0.2) is 58.1 Å². The molecule has 3 heterocycles. The van der Waals surface area contributed by atoms with Gasteiger partial charge >= 0.3 is 5.97 Å². The summed E-state index contributed by atoms with van der Waals surface area (Å²) in [6.45, 7) is 6.13. The quantitative estimate of drug-likeness (QED) is 0.439. The van der Waals surface area contributed by atoms with Gasteiger partial charge in [0, 0.05) is 29.8 Å². The molecule has 0 fully saturated rings. The van der Waals surface area contributed by atoms with Crippen molar-refractivity contribution in [1.29, 1.82) is 0 Å². The fraction of sp³-hybridized carbons (Fsp3) is 0.250. The predicted octanol–water partition coefficient (Wildman–Crippen LogP) is 4.00. The van der Waals surface area contributed by atoms with Gasteiger partial charge in [-0.25, -0.2) is 0 Å². The van der Waals surface area contributed by atoms with E-state index in [0.717, 1.165) is 27.6 Å². The molecule has 0 saturated carbocycles. The summed E-state index contributed by atoms with van der Waals surface area (Å²) in [6, 6.07) is 14.3. The Morgan fingerprint density at radius 1 is 1.03 bits per heavy atom. The molecule has 1 unspecified atom stereocenters. The number of phenols is 1. The number of fused-ring (bicyclic) bond motifs is 2. The number of benzene rings is 2. The second kappa shape index (κ2) is 8.58. The third-order valence-electron chi connectivity index (χ3n) is 6.71. The van der Waals surface area contributed by atoms with Crippen molar-refractivity contribution < 1.29 is 14.6 Å². The summed E-state index contributed by atoms with van der Waals surface area (Å²) in [7, 11) is 0. The Morgan fingerprint density at radius 2 is 1.77 bits per heavy atom. The van der Waals surface area contributed by atoms with Crippen molar-refractivity contribution in [3.63, 3.8) is 0 Å². The minimum atomic E-state index is -0.701. The van der Waals surface area contributed by atoms with Crippen molar-refractivity contribution in [2.45, 2.75) is 46.1 Å². The van der Waals surface area contributed by atoms with E-state index in [-0.39, 0.29) is 29.0 Å². The number of H-pyrrole nitrogens is 1. The maximum atomic E-state index is 13.7. The highest BCUT2D eigenvalue weighted by molar-refractivity contribution is 5.84. The van der Waals surface area contributed by atoms with Crippen LogP contribution >= 0.6 is 0 Å². The van der Waals surface area contributed by atoms with Crippen molar-refractivity contribution in [2.75, 3.05) is 0 Å². The number of phenolic OH excluding ortho intramolecular Hbond substituents is 1. The van der Waals surface area contributed by atoms with Crippen LogP contribution in [0.1, 0.15) is 45.8 Å². The molecule has 2 aromatic carbocycles. The van der Waals surface area contributed by atoms with Gasteiger partial charge in [0.1, 0.15) is 11.5 Å². The van der Waals surface area contributed by atoms with Gasteiger partial charge in [-0.15, -0.1) is 0 Å². The molecule has 0 spiro atoms. The van der Waals surface area contributed by atoms with Crippen LogP contribution in [0.3, 0.4) is 0 Å². The van der Waals surface area contributed by atoms with Crippen molar-refractivity contribution in [2.24, 2.45) is 0 Å². The number of hydrogen-bond acceptors (Lipinski definition) is 5. The number of aromatic nitrogens is 2. The summed E-state index contributed by atoms with van der Waals surface area (Å²) < 4.78 is 7.10. The molecule has 0 amide bonds. The van der Waals surface area contributed by atoms with Crippen LogP contribution in [-0.2, 0) is 17.8 Å². The van der Waals surface area contributed by atoms with Gasteiger partial charge in [-0.1, -0.05) is 23.8 Å². The van der Waals surface area contributed by atoms with Gasteiger partial charge in [0.05, 0.1) is 17.5 Å². The lowest BCUT2D eigenvalue weighted by Crippen LogP contribution is -2.35. The van der Waals surface area contributed by atoms with E-state index in [1.54, 1.807) is 35.8 Å². The van der Waals surface area contributed by atoms with E-state index < -0.39 is 11.9 Å². The fourth-order valence-corrected chi connectivity index (χ4v) is 5.00. The van der Waals surface area contributed by atoms with E-state index in [0.29, 0.717) is 29.8 Å². The Labute approximate surface area is 201 Å². The molecule has 5 rings (SSSR count). The molecule has 4 aromatic rings. The lowest BCUT2D eigenvalue weighted by Gasteiger charge is -2.26. The summed E-state index contributed by atoms with van der Waals surface area (Å²) in [5.41, 5.74) is 4.54. The Morgan fingerprint density at radius 3 is 2.51 bits per heavy atom. The summed E-state index contributed by atoms with van der Waals surface area (Å²) in [5.74, 6) is -0.766. The van der Waals surface area contributed by atoms with E-state index in [2.05, 4.69) is 4.98 Å². The fourth-order valence-electron chi connectivity index (χ4n) is 5.00. The number of nitrogens with zero attached hydrogens (tertiary/aromatic N) is 1. The van der Waals surface area contributed by atoms with Crippen LogP contribution in [0.2, 0.25) is 0 Å². The van der Waals surface area contributed by atoms with Gasteiger partial charge in [0.15, 0.2) is 0 Å². The Bertz CT molecular complexity index is 1600. The van der Waals surface area contributed by atoms with Gasteiger partial charge in [-0.2, -0.15) is 0 Å². The third kappa shape index (κ3) is 4.14. The highest BCUT2D eigenvalue weighted by atomic mass is 16.5. The predicted molar refractivity (Wildman–Crippen MR) is 133 cm³/mol. The van der Waals surface area contributed by atoms with Gasteiger partial charge in [-0.3, -0.25) is 14.4 Å². The van der Waals surface area contributed by atoms with Crippen LogP contribution < -0.4 is 15.9 Å². The second-order valence-corrected chi connectivity index (χ2v) is 9.27. The van der Waals surface area contributed by atoms with Crippen LogP contribution in [0, 0.1) is 20.8 Å². The SMILES string of the molecule is Cc1cc(C)c2[nH]c(=O)c(C3CC(=O)Oc4cc(C)n(CCc5ccc(O)cc5)c(=O)c43)cc2c1. The zero-order chi connectivity index (χ0) is 24.9. The van der Waals surface area contributed by atoms with Gasteiger partial charge < -0.3 is 19.4 Å². The molecule has 7 heteroatoms. The average Bonchev–Trinajstić information content (AvgIpc) is 2.79. The molecular formula is C28H26N2O5. The van der Waals surface area contributed by atoms with Crippen molar-refractivity contribution in [3.05, 3.63) is 103 Å². The molecule has 0 bridgehead atoms. The van der Waals surface area contributed by atoms with Crippen molar-refractivity contribution in [3.8, 4) is 11.5 Å². The normalized spacial score (nSPS) is 15.2. The van der Waals surface area contributed by atoms with Gasteiger partial charge in [0.25, 0.3) is 11.1 Å². The Hall–Kier alpha value is -4.13. The van der Waals surface area contributed by atoms with E-state index in [1.165, 1.54) is 0 Å². The van der Waals surface area contributed by atoms with Crippen molar-refractivity contribution in [1.82, 2.24) is 9.55 Å². The minimum absolute atomic E-state index is 0.0807. The summed E-state index contributed by atoms with van der Waals surface area (Å²) in [5, 5.41) is 10.4. The minimum Gasteiger partial charge on any atom is -0.508 e. The molecule has 0 saturated heterocycles. The number of nitrogens with one attached hydrogen (secondary N) is 1. The van der Waals surface area contributed by atoms with Gasteiger partial charge in [0.2, 0.25) is 0 Å². The Kier molecular flexibility index (Phi) is 5.55. The van der Waals surface area contributed by atoms with Crippen LogP contribution in [-0.4, -0.2) is 20.6 Å². The van der Waals surface area contributed by atoms with Gasteiger partial charge in [-0.05, 0) is 68.0 Å². The molecule has 178 valence electrons. The maximum Gasteiger partial charge on any atom is 0.312 e. The number of rotatable bonds is 4. The van der Waals surface area contributed by atoms with Crippen LogP contribution in [0.4, 0.5) is 0 Å². The standard InChI is InChI=1S/C28H26N2O5/c1-15-10-16(2)26-19(11-15)13-22(27(33)29-26)21-14-24(32)35-23-12-17(3)30(28(34)25(21)23)9-8-18-4-6-20(31)7-5-18/h4-7,10-13,21,31H,8-9,14H2,1-3H3,(H,29,33). The average molecular weight is 471 g/mol. The zero-order valence-electron chi connectivity index (χ0n) is 19.8. The summed E-state index contributed by atoms with van der Waals surface area (Å²) in [6.07, 6.45) is 0.502. The molecule has 1 aliphatic heterocycles. The molecule has 35 heavy (non-hydrogen) atoms. The number of carbonyl (C=O) groups is 1. The highest BCUT2D eigenvalue weighted by Crippen LogP contribution is 2.36. The molecule has 0 aliphatic carbocycles. The first-order valence-corrected chi connectivity index (χ1v) is 11.6. The first kappa shape index (κ1) is 22.7. The topological polar surface area (TPSA) is 101 Å². The van der Waals surface area contributed by atoms with E-state index in [1.807, 2.05) is 38.1 Å². The molecule has 0 radical (unpaired) electrons. The zero-order valence-corrected chi connectivity index (χ0v) is 19.8. The Balaban J connectivity index is 1.62. The number of hydrogen-bond donors (Lipinski definition) is 2. The lowest BCUT2D eigenvalue weighted by atomic mass is 9.86. The lowest BCUT2D eigenvalue weighted by molar-refractivity contribution is -0.135.